The summed E-state index contributed by atoms with van der Waals surface area (Å²) in [6, 6.07) is 0. The number of aliphatic carboxylic acids is 1. The van der Waals surface area contributed by atoms with Crippen molar-refractivity contribution >= 4 is 16.1 Å². The van der Waals surface area contributed by atoms with Crippen molar-refractivity contribution in [2.45, 2.75) is 32.2 Å². The zero-order valence-electron chi connectivity index (χ0n) is 9.54. The molecule has 1 N–H and O–H groups in total. The third-order valence-electron chi connectivity index (χ3n) is 2.38. The molecule has 1 aliphatic carbocycles. The van der Waals surface area contributed by atoms with Gasteiger partial charge in [0.1, 0.15) is 5.76 Å². The quantitative estimate of drug-likeness (QED) is 0.634. The van der Waals surface area contributed by atoms with E-state index in [1.807, 2.05) is 0 Å². The molecule has 0 amide bonds. The lowest BCUT2D eigenvalue weighted by molar-refractivity contribution is -0.133. The topological polar surface area (TPSA) is 80.7 Å². The van der Waals surface area contributed by atoms with Crippen LogP contribution in [0.4, 0.5) is 13.2 Å². The first kappa shape index (κ1) is 14.8. The van der Waals surface area contributed by atoms with Gasteiger partial charge in [0.2, 0.25) is 0 Å². The molecular formula is C9H11F3O5S. The van der Waals surface area contributed by atoms with Crippen molar-refractivity contribution < 1.29 is 35.7 Å². The highest BCUT2D eigenvalue weighted by molar-refractivity contribution is 7.87. The third kappa shape index (κ3) is 2.95. The lowest BCUT2D eigenvalue weighted by atomic mass is 9.89. The number of alkyl halides is 3. The molecule has 0 saturated carbocycles. The summed E-state index contributed by atoms with van der Waals surface area (Å²) in [5.41, 5.74) is -6.66. The van der Waals surface area contributed by atoms with E-state index in [2.05, 4.69) is 4.18 Å². The van der Waals surface area contributed by atoms with Crippen LogP contribution in [0.15, 0.2) is 11.3 Å². The minimum absolute atomic E-state index is 0.0506. The van der Waals surface area contributed by atoms with Crippen molar-refractivity contribution in [1.29, 1.82) is 0 Å². The predicted molar refractivity (Wildman–Crippen MR) is 53.7 cm³/mol. The number of carbonyl (C=O) groups is 1. The fourth-order valence-corrected chi connectivity index (χ4v) is 2.15. The normalized spacial score (nSPS) is 20.1. The zero-order valence-corrected chi connectivity index (χ0v) is 10.4. The molecule has 0 aliphatic heterocycles. The minimum atomic E-state index is -5.82. The van der Waals surface area contributed by atoms with E-state index in [-0.39, 0.29) is 12.8 Å². The Morgan fingerprint density at radius 3 is 2.22 bits per heavy atom. The average molecular weight is 288 g/mol. The first-order valence-electron chi connectivity index (χ1n) is 4.82. The lowest BCUT2D eigenvalue weighted by Gasteiger charge is -2.16. The van der Waals surface area contributed by atoms with Crippen LogP contribution in [-0.2, 0) is 19.1 Å². The molecule has 0 atom stereocenters. The molecule has 0 bridgehead atoms. The highest BCUT2D eigenvalue weighted by Crippen LogP contribution is 2.43. The Kier molecular flexibility index (Phi) is 3.41. The molecule has 0 fully saturated rings. The van der Waals surface area contributed by atoms with E-state index in [9.17, 15) is 26.4 Å². The number of hydrogen-bond acceptors (Lipinski definition) is 4. The number of allylic oxidation sites excluding steroid dienone is 1. The first-order chi connectivity index (χ1) is 7.86. The van der Waals surface area contributed by atoms with Crippen molar-refractivity contribution in [2.75, 3.05) is 0 Å². The van der Waals surface area contributed by atoms with E-state index in [0.29, 0.717) is 0 Å². The Morgan fingerprint density at radius 1 is 1.33 bits per heavy atom. The molecule has 5 nitrogen and oxygen atoms in total. The summed E-state index contributed by atoms with van der Waals surface area (Å²) in [5, 5.41) is 8.80. The summed E-state index contributed by atoms with van der Waals surface area (Å²) in [5.74, 6) is -2.13. The van der Waals surface area contributed by atoms with Crippen molar-refractivity contribution in [1.82, 2.24) is 0 Å². The molecule has 18 heavy (non-hydrogen) atoms. The van der Waals surface area contributed by atoms with E-state index in [4.69, 9.17) is 5.11 Å². The van der Waals surface area contributed by atoms with Gasteiger partial charge in [-0.3, -0.25) is 0 Å². The molecule has 0 radical (unpaired) electrons. The van der Waals surface area contributed by atoms with Crippen LogP contribution < -0.4 is 0 Å². The maximum absolute atomic E-state index is 12.1. The smallest absolute Gasteiger partial charge is 0.478 e. The molecule has 104 valence electrons. The van der Waals surface area contributed by atoms with Gasteiger partial charge in [-0.15, -0.1) is 0 Å². The summed E-state index contributed by atoms with van der Waals surface area (Å²) >= 11 is 0. The van der Waals surface area contributed by atoms with Gasteiger partial charge in [-0.25, -0.2) is 4.79 Å². The molecule has 0 saturated heterocycles. The van der Waals surface area contributed by atoms with Gasteiger partial charge in [0.15, 0.2) is 0 Å². The summed E-state index contributed by atoms with van der Waals surface area (Å²) in [7, 11) is -5.82. The van der Waals surface area contributed by atoms with E-state index >= 15 is 0 Å². The molecular weight excluding hydrogens is 277 g/mol. The predicted octanol–water partition coefficient (Wildman–Crippen LogP) is 2.01. The Balaban J connectivity index is 3.10. The van der Waals surface area contributed by atoms with Crippen LogP contribution in [0, 0.1) is 5.41 Å². The van der Waals surface area contributed by atoms with Crippen LogP contribution in [-0.4, -0.2) is 25.0 Å². The second-order valence-corrected chi connectivity index (χ2v) is 6.25. The average Bonchev–Trinajstić information content (AvgIpc) is 2.38. The standard InChI is InChI=1S/C9H11F3O5S/c1-8(2)3-5(7(13)14)6(4-8)17-18(15,16)9(10,11)12/h3-4H2,1-2H3,(H,13,14). The van der Waals surface area contributed by atoms with Gasteiger partial charge in [0.05, 0.1) is 5.57 Å². The lowest BCUT2D eigenvalue weighted by Crippen LogP contribution is -2.25. The summed E-state index contributed by atoms with van der Waals surface area (Å²) in [6.07, 6.45) is -0.227. The maximum atomic E-state index is 12.1. The van der Waals surface area contributed by atoms with Crippen LogP contribution in [0.1, 0.15) is 26.7 Å². The Bertz CT molecular complexity index is 501. The second-order valence-electron chi connectivity index (χ2n) is 4.71. The number of halogens is 3. The molecule has 0 unspecified atom stereocenters. The SMILES string of the molecule is CC1(C)CC(OS(=O)(=O)C(F)(F)F)=C(C(=O)O)C1. The van der Waals surface area contributed by atoms with Gasteiger partial charge < -0.3 is 9.29 Å². The van der Waals surface area contributed by atoms with Gasteiger partial charge in [-0.1, -0.05) is 13.8 Å². The second kappa shape index (κ2) is 4.15. The third-order valence-corrected chi connectivity index (χ3v) is 3.37. The summed E-state index contributed by atoms with van der Waals surface area (Å²) in [6.45, 7) is 3.21. The van der Waals surface area contributed by atoms with Crippen LogP contribution in [0.5, 0.6) is 0 Å². The summed E-state index contributed by atoms with van der Waals surface area (Å²) in [4.78, 5) is 10.8. The van der Waals surface area contributed by atoms with Gasteiger partial charge in [0, 0.05) is 6.42 Å². The van der Waals surface area contributed by atoms with E-state index in [1.54, 1.807) is 13.8 Å². The van der Waals surface area contributed by atoms with Crippen LogP contribution in [0.25, 0.3) is 0 Å². The molecule has 0 aromatic heterocycles. The van der Waals surface area contributed by atoms with Gasteiger partial charge >= 0.3 is 21.6 Å². The molecule has 0 spiro atoms. The highest BCUT2D eigenvalue weighted by atomic mass is 32.2. The van der Waals surface area contributed by atoms with E-state index in [1.165, 1.54) is 0 Å². The van der Waals surface area contributed by atoms with Crippen LogP contribution >= 0.6 is 0 Å². The molecule has 9 heteroatoms. The van der Waals surface area contributed by atoms with Crippen LogP contribution in [0.3, 0.4) is 0 Å². The van der Waals surface area contributed by atoms with Crippen molar-refractivity contribution in [2.24, 2.45) is 5.41 Å². The van der Waals surface area contributed by atoms with Crippen molar-refractivity contribution in [3.8, 4) is 0 Å². The minimum Gasteiger partial charge on any atom is -0.478 e. The van der Waals surface area contributed by atoms with E-state index < -0.39 is 38.3 Å². The number of rotatable bonds is 3. The molecule has 0 aromatic carbocycles. The fourth-order valence-electron chi connectivity index (χ4n) is 1.64. The monoisotopic (exact) mass is 288 g/mol. The maximum Gasteiger partial charge on any atom is 0.534 e. The Morgan fingerprint density at radius 2 is 1.83 bits per heavy atom. The Labute approximate surface area is 101 Å². The number of carboxylic acids is 1. The van der Waals surface area contributed by atoms with Gasteiger partial charge in [-0.05, 0) is 11.8 Å². The fraction of sp³-hybridized carbons (Fsp3) is 0.667. The molecule has 0 heterocycles. The molecule has 1 aliphatic rings. The van der Waals surface area contributed by atoms with E-state index in [0.717, 1.165) is 0 Å². The first-order valence-corrected chi connectivity index (χ1v) is 6.23. The van der Waals surface area contributed by atoms with Crippen LogP contribution in [0.2, 0.25) is 0 Å². The Hall–Kier alpha value is -1.25. The number of hydrogen-bond donors (Lipinski definition) is 1. The van der Waals surface area contributed by atoms with Gasteiger partial charge in [-0.2, -0.15) is 21.6 Å². The molecule has 0 aromatic rings. The highest BCUT2D eigenvalue weighted by Gasteiger charge is 2.50. The largest absolute Gasteiger partial charge is 0.534 e. The van der Waals surface area contributed by atoms with Crippen molar-refractivity contribution in [3.05, 3.63) is 11.3 Å². The molecule has 1 rings (SSSR count). The zero-order chi connectivity index (χ0) is 14.4. The van der Waals surface area contributed by atoms with Crippen molar-refractivity contribution in [3.63, 3.8) is 0 Å². The van der Waals surface area contributed by atoms with Gasteiger partial charge in [0.25, 0.3) is 0 Å². The summed E-state index contributed by atoms with van der Waals surface area (Å²) < 4.78 is 61.9. The number of carboxylic acid groups (broad SMARTS) is 1.